The molecule has 2 aromatic heterocycles. The van der Waals surface area contributed by atoms with Gasteiger partial charge in [-0.25, -0.2) is 4.68 Å². The molecule has 0 spiro atoms. The van der Waals surface area contributed by atoms with Gasteiger partial charge in [0.15, 0.2) is 6.04 Å². The van der Waals surface area contributed by atoms with E-state index in [1.54, 1.807) is 0 Å². The number of nitrogens with one attached hydrogen (secondary N) is 2. The molecule has 2 atom stereocenters. The van der Waals surface area contributed by atoms with Crippen molar-refractivity contribution in [3.8, 4) is 5.75 Å². The fourth-order valence-electron chi connectivity index (χ4n) is 4.18. The van der Waals surface area contributed by atoms with Gasteiger partial charge in [-0.2, -0.15) is 0 Å². The van der Waals surface area contributed by atoms with Gasteiger partial charge in [-0.05, 0) is 62.4 Å². The number of nitrogens with zero attached hydrogens (tertiary/aromatic N) is 4. The van der Waals surface area contributed by atoms with E-state index < -0.39 is 0 Å². The van der Waals surface area contributed by atoms with E-state index in [-0.39, 0.29) is 29.7 Å². The highest BCUT2D eigenvalue weighted by Crippen LogP contribution is 2.22. The van der Waals surface area contributed by atoms with Crippen LogP contribution in [0.5, 0.6) is 5.75 Å². The fourth-order valence-corrected chi connectivity index (χ4v) is 4.18. The van der Waals surface area contributed by atoms with Crippen molar-refractivity contribution in [1.29, 1.82) is 0 Å². The molecule has 9 nitrogen and oxygen atoms in total. The zero-order chi connectivity index (χ0) is 23.5. The predicted octanol–water partition coefficient (Wildman–Crippen LogP) is 1.44. The summed E-state index contributed by atoms with van der Waals surface area (Å²) in [6.45, 7) is 13.8. The summed E-state index contributed by atoms with van der Waals surface area (Å²) >= 11 is 0. The summed E-state index contributed by atoms with van der Waals surface area (Å²) in [7, 11) is 0. The number of ether oxygens (including phenoxy) is 1. The number of aromatic nitrogens is 5. The number of aliphatic hydroxyl groups is 1. The smallest absolute Gasteiger partial charge is 0.257 e. The molecule has 0 saturated carbocycles. The van der Waals surface area contributed by atoms with Crippen LogP contribution in [0.4, 0.5) is 0 Å². The highest BCUT2D eigenvalue weighted by molar-refractivity contribution is 5.80. The first-order chi connectivity index (χ1) is 15.2. The topological polar surface area (TPSA) is 110 Å². The molecule has 2 heterocycles. The van der Waals surface area contributed by atoms with Crippen molar-refractivity contribution in [3.63, 3.8) is 0 Å². The van der Waals surface area contributed by atoms with E-state index in [0.717, 1.165) is 27.4 Å². The predicted molar refractivity (Wildman–Crippen MR) is 123 cm³/mol. The average molecular weight is 444 g/mol. The van der Waals surface area contributed by atoms with Crippen molar-refractivity contribution in [2.24, 2.45) is 5.92 Å². The number of pyridine rings is 1. The van der Waals surface area contributed by atoms with E-state index >= 15 is 0 Å². The number of rotatable bonds is 9. The molecule has 0 fully saturated rings. The molecule has 0 amide bonds. The molecule has 174 valence electrons. The summed E-state index contributed by atoms with van der Waals surface area (Å²) in [6, 6.07) is 7.47. The van der Waals surface area contributed by atoms with Gasteiger partial charge >= 0.3 is 0 Å². The quantitative estimate of drug-likeness (QED) is 0.462. The van der Waals surface area contributed by atoms with Gasteiger partial charge in [-0.15, -0.1) is 5.10 Å². The lowest BCUT2D eigenvalue weighted by Crippen LogP contribution is -3.12. The average Bonchev–Trinajstić information content (AvgIpc) is 3.19. The van der Waals surface area contributed by atoms with Crippen LogP contribution in [0.25, 0.3) is 10.9 Å². The van der Waals surface area contributed by atoms with E-state index in [1.807, 2.05) is 35.9 Å². The maximum absolute atomic E-state index is 12.9. The Labute approximate surface area is 188 Å². The van der Waals surface area contributed by atoms with Crippen molar-refractivity contribution >= 4 is 10.9 Å². The van der Waals surface area contributed by atoms with Gasteiger partial charge in [0, 0.05) is 16.8 Å². The summed E-state index contributed by atoms with van der Waals surface area (Å²) < 4.78 is 7.45. The molecule has 3 N–H and O–H groups in total. The SMILES string of the molecule is CCOc1ccc2[nH]c(=O)c(C[NH+](CCO)C(c3nnnn3C(C)(C)C)C(C)C)cc2c1. The fraction of sp³-hybridized carbons (Fsp3) is 0.565. The Morgan fingerprint density at radius 2 is 2.00 bits per heavy atom. The zero-order valence-corrected chi connectivity index (χ0v) is 19.8. The second-order valence-electron chi connectivity index (χ2n) is 9.46. The third-order valence-corrected chi connectivity index (χ3v) is 5.57. The minimum absolute atomic E-state index is 0.00435. The standard InChI is InChI=1S/C23H34N6O3/c1-7-32-18-8-9-19-16(13-18)12-17(22(31)24-19)14-28(10-11-30)20(15(2)3)21-25-26-27-29(21)23(4,5)6/h8-9,12-13,15,20,30H,7,10-11,14H2,1-6H3,(H,24,31)/p+1. The first kappa shape index (κ1) is 23.9. The van der Waals surface area contributed by atoms with E-state index in [0.29, 0.717) is 25.3 Å². The van der Waals surface area contributed by atoms with Crippen LogP contribution in [-0.2, 0) is 12.1 Å². The number of aliphatic hydroxyl groups excluding tert-OH is 1. The van der Waals surface area contributed by atoms with Crippen LogP contribution in [0, 0.1) is 5.92 Å². The molecule has 0 aliphatic carbocycles. The molecule has 32 heavy (non-hydrogen) atoms. The molecule has 0 aliphatic rings. The molecular formula is C23H35N6O3+. The number of hydrogen-bond acceptors (Lipinski definition) is 6. The largest absolute Gasteiger partial charge is 0.494 e. The number of quaternary nitrogens is 1. The maximum Gasteiger partial charge on any atom is 0.257 e. The number of H-pyrrole nitrogens is 1. The van der Waals surface area contributed by atoms with Crippen LogP contribution in [0.1, 0.15) is 59.0 Å². The number of tetrazole rings is 1. The third-order valence-electron chi connectivity index (χ3n) is 5.57. The molecule has 3 rings (SSSR count). The van der Waals surface area contributed by atoms with Crippen LogP contribution >= 0.6 is 0 Å². The Morgan fingerprint density at radius 1 is 1.25 bits per heavy atom. The van der Waals surface area contributed by atoms with Crippen LogP contribution in [0.2, 0.25) is 0 Å². The first-order valence-electron chi connectivity index (χ1n) is 11.2. The van der Waals surface area contributed by atoms with E-state index in [9.17, 15) is 9.90 Å². The zero-order valence-electron chi connectivity index (χ0n) is 19.8. The molecule has 1 aromatic carbocycles. The number of benzene rings is 1. The molecule has 3 aromatic rings. The van der Waals surface area contributed by atoms with E-state index in [1.165, 1.54) is 0 Å². The maximum atomic E-state index is 12.9. The highest BCUT2D eigenvalue weighted by Gasteiger charge is 2.35. The minimum Gasteiger partial charge on any atom is -0.494 e. The van der Waals surface area contributed by atoms with Gasteiger partial charge < -0.3 is 19.7 Å². The van der Waals surface area contributed by atoms with Gasteiger partial charge in [0.05, 0.1) is 24.3 Å². The van der Waals surface area contributed by atoms with Crippen molar-refractivity contribution in [2.75, 3.05) is 19.8 Å². The molecule has 2 unspecified atom stereocenters. The van der Waals surface area contributed by atoms with Gasteiger partial charge in [0.25, 0.3) is 5.56 Å². The van der Waals surface area contributed by atoms with Crippen molar-refractivity contribution < 1.29 is 14.7 Å². The number of fused-ring (bicyclic) bond motifs is 1. The Morgan fingerprint density at radius 3 is 2.62 bits per heavy atom. The third kappa shape index (κ3) is 5.16. The van der Waals surface area contributed by atoms with Crippen LogP contribution in [0.3, 0.4) is 0 Å². The molecular weight excluding hydrogens is 408 g/mol. The normalized spacial score (nSPS) is 14.1. The summed E-state index contributed by atoms with van der Waals surface area (Å²) in [5.41, 5.74) is 1.000. The number of hydrogen-bond donors (Lipinski definition) is 3. The van der Waals surface area contributed by atoms with Crippen molar-refractivity contribution in [3.05, 3.63) is 46.0 Å². The second kappa shape index (κ2) is 9.79. The lowest BCUT2D eigenvalue weighted by atomic mass is 9.99. The molecule has 9 heteroatoms. The molecule has 0 saturated heterocycles. The Balaban J connectivity index is 2.02. The monoisotopic (exact) mass is 443 g/mol. The van der Waals surface area contributed by atoms with Gasteiger partial charge in [-0.1, -0.05) is 13.8 Å². The Hall–Kier alpha value is -2.78. The highest BCUT2D eigenvalue weighted by atomic mass is 16.5. The summed E-state index contributed by atoms with van der Waals surface area (Å²) in [4.78, 5) is 16.9. The lowest BCUT2D eigenvalue weighted by molar-refractivity contribution is -0.950. The van der Waals surface area contributed by atoms with Gasteiger partial charge in [-0.3, -0.25) is 4.79 Å². The van der Waals surface area contributed by atoms with Crippen molar-refractivity contribution in [2.45, 2.75) is 59.7 Å². The first-order valence-corrected chi connectivity index (χ1v) is 11.2. The Kier molecular flexibility index (Phi) is 7.30. The molecule has 0 radical (unpaired) electrons. The second-order valence-corrected chi connectivity index (χ2v) is 9.46. The van der Waals surface area contributed by atoms with E-state index in [2.05, 4.69) is 55.1 Å². The van der Waals surface area contributed by atoms with Gasteiger partial charge in [0.2, 0.25) is 5.82 Å². The number of aromatic amines is 1. The van der Waals surface area contributed by atoms with Crippen LogP contribution in [0.15, 0.2) is 29.1 Å². The van der Waals surface area contributed by atoms with Gasteiger partial charge in [0.1, 0.15) is 18.8 Å². The Bertz CT molecular complexity index is 1100. The summed E-state index contributed by atoms with van der Waals surface area (Å²) in [6.07, 6.45) is 0. The summed E-state index contributed by atoms with van der Waals surface area (Å²) in [5, 5.41) is 23.2. The molecule has 0 aliphatic heterocycles. The van der Waals surface area contributed by atoms with Crippen molar-refractivity contribution in [1.82, 2.24) is 25.2 Å². The summed E-state index contributed by atoms with van der Waals surface area (Å²) in [5.74, 6) is 1.71. The van der Waals surface area contributed by atoms with Crippen LogP contribution < -0.4 is 15.2 Å². The van der Waals surface area contributed by atoms with Crippen LogP contribution in [-0.4, -0.2) is 50.1 Å². The molecule has 0 bridgehead atoms. The lowest BCUT2D eigenvalue weighted by Gasteiger charge is -2.32. The van der Waals surface area contributed by atoms with E-state index in [4.69, 9.17) is 4.74 Å². The minimum atomic E-state index is -0.285.